The van der Waals surface area contributed by atoms with Crippen LogP contribution >= 0.6 is 0 Å². The lowest BCUT2D eigenvalue weighted by Crippen LogP contribution is -2.46. The normalized spacial score (nSPS) is 24.0. The first-order chi connectivity index (χ1) is 11.7. The Bertz CT molecular complexity index is 641. The average molecular weight is 326 g/mol. The maximum Gasteiger partial charge on any atom is 0.179 e. The molecule has 0 aliphatic carbocycles. The van der Waals surface area contributed by atoms with E-state index < -0.39 is 12.4 Å². The van der Waals surface area contributed by atoms with E-state index in [1.54, 1.807) is 0 Å². The Morgan fingerprint density at radius 3 is 2.04 bits per heavy atom. The van der Waals surface area contributed by atoms with Crippen LogP contribution in [0.15, 0.2) is 72.8 Å². The summed E-state index contributed by atoms with van der Waals surface area (Å²) in [6.45, 7) is 5.08. The van der Waals surface area contributed by atoms with Gasteiger partial charge in [-0.2, -0.15) is 0 Å². The molecule has 1 unspecified atom stereocenters. The zero-order chi connectivity index (χ0) is 16.8. The summed E-state index contributed by atoms with van der Waals surface area (Å²) in [5.41, 5.74) is 2.64. The lowest BCUT2D eigenvalue weighted by molar-refractivity contribution is -0.186. The highest BCUT2D eigenvalue weighted by Crippen LogP contribution is 2.25. The highest BCUT2D eigenvalue weighted by atomic mass is 16.6. The predicted molar refractivity (Wildman–Crippen MR) is 91.1 cm³/mol. The quantitative estimate of drug-likeness (QED) is 0.829. The van der Waals surface area contributed by atoms with Crippen LogP contribution in [0.3, 0.4) is 0 Å². The van der Waals surface area contributed by atoms with Gasteiger partial charge < -0.3 is 19.3 Å². The first-order valence-electron chi connectivity index (χ1n) is 8.03. The van der Waals surface area contributed by atoms with Gasteiger partial charge in [-0.15, -0.1) is 0 Å². The molecule has 1 aliphatic rings. The van der Waals surface area contributed by atoms with Crippen LogP contribution in [0.5, 0.6) is 0 Å². The van der Waals surface area contributed by atoms with Crippen molar-refractivity contribution in [2.24, 2.45) is 0 Å². The fourth-order valence-corrected chi connectivity index (χ4v) is 2.65. The minimum atomic E-state index is -1.01. The molecule has 126 valence electrons. The highest BCUT2D eigenvalue weighted by Gasteiger charge is 2.35. The molecule has 24 heavy (non-hydrogen) atoms. The molecule has 2 aromatic carbocycles. The second-order valence-electron chi connectivity index (χ2n) is 5.81. The molecule has 0 saturated carbocycles. The number of aliphatic hydroxyl groups excluding tert-OH is 1. The van der Waals surface area contributed by atoms with Gasteiger partial charge in [-0.05, 0) is 11.1 Å². The van der Waals surface area contributed by atoms with Gasteiger partial charge >= 0.3 is 0 Å². The van der Waals surface area contributed by atoms with Crippen molar-refractivity contribution in [1.29, 1.82) is 0 Å². The Labute approximate surface area is 142 Å². The van der Waals surface area contributed by atoms with Gasteiger partial charge in [-0.3, -0.25) is 0 Å². The molecule has 4 heteroatoms. The monoisotopic (exact) mass is 326 g/mol. The molecule has 1 saturated heterocycles. The van der Waals surface area contributed by atoms with Crippen molar-refractivity contribution >= 4 is 0 Å². The summed E-state index contributed by atoms with van der Waals surface area (Å²) in [5.74, 6) is 0. The molecule has 1 aliphatic heterocycles. The van der Waals surface area contributed by atoms with Crippen molar-refractivity contribution in [3.8, 4) is 0 Å². The lowest BCUT2D eigenvalue weighted by atomic mass is 10.0. The summed E-state index contributed by atoms with van der Waals surface area (Å²) in [6.07, 6.45) is -1.72. The van der Waals surface area contributed by atoms with Gasteiger partial charge in [-0.25, -0.2) is 0 Å². The first-order valence-corrected chi connectivity index (χ1v) is 8.03. The smallest absolute Gasteiger partial charge is 0.179 e. The summed E-state index contributed by atoms with van der Waals surface area (Å²) in [6, 6.07) is 19.8. The molecule has 1 heterocycles. The predicted octanol–water partition coefficient (Wildman–Crippen LogP) is 3.06. The van der Waals surface area contributed by atoms with Crippen LogP contribution in [0, 0.1) is 0 Å². The molecule has 1 fully saturated rings. The van der Waals surface area contributed by atoms with E-state index in [-0.39, 0.29) is 12.7 Å². The first kappa shape index (κ1) is 16.9. The minimum Gasteiger partial charge on any atom is -0.368 e. The molecule has 4 nitrogen and oxygen atoms in total. The lowest BCUT2D eigenvalue weighted by Gasteiger charge is -2.35. The molecule has 0 aromatic heterocycles. The van der Waals surface area contributed by atoms with Crippen molar-refractivity contribution in [2.45, 2.75) is 31.7 Å². The van der Waals surface area contributed by atoms with E-state index in [2.05, 4.69) is 6.58 Å². The van der Waals surface area contributed by atoms with Gasteiger partial charge in [0.15, 0.2) is 6.29 Å². The number of ether oxygens (including phenoxy) is 3. The van der Waals surface area contributed by atoms with Crippen molar-refractivity contribution in [3.05, 3.63) is 83.9 Å². The van der Waals surface area contributed by atoms with Crippen LogP contribution in [-0.2, 0) is 27.4 Å². The Morgan fingerprint density at radius 2 is 1.46 bits per heavy atom. The molecule has 0 bridgehead atoms. The maximum absolute atomic E-state index is 9.89. The molecule has 1 N–H and O–H groups in total. The molecule has 0 spiro atoms. The average Bonchev–Trinajstić information content (AvgIpc) is 2.63. The summed E-state index contributed by atoms with van der Waals surface area (Å²) >= 11 is 0. The largest absolute Gasteiger partial charge is 0.368 e. The summed E-state index contributed by atoms with van der Waals surface area (Å²) in [7, 11) is 0. The Balaban J connectivity index is 1.63. The van der Waals surface area contributed by atoms with Crippen LogP contribution in [-0.4, -0.2) is 30.2 Å². The van der Waals surface area contributed by atoms with Gasteiger partial charge in [0.25, 0.3) is 0 Å². The Hall–Kier alpha value is -1.98. The second-order valence-corrected chi connectivity index (χ2v) is 5.81. The SMILES string of the molecule is C=C1C(O)OC[C@@H](OCc2ccccc2)[C@H]1OCc1ccccc1. The topological polar surface area (TPSA) is 47.9 Å². The molecule has 0 radical (unpaired) electrons. The standard InChI is InChI=1S/C20H22O4/c1-15-19(23-13-17-10-6-3-7-11-17)18(14-24-20(15)21)22-12-16-8-4-2-5-9-16/h2-11,18-21H,1,12-14H2/t18-,19+,20?/m1/s1. The van der Waals surface area contributed by atoms with E-state index >= 15 is 0 Å². The summed E-state index contributed by atoms with van der Waals surface area (Å²) in [4.78, 5) is 0. The van der Waals surface area contributed by atoms with Crippen molar-refractivity contribution in [3.63, 3.8) is 0 Å². The van der Waals surface area contributed by atoms with E-state index in [9.17, 15) is 5.11 Å². The van der Waals surface area contributed by atoms with E-state index in [1.807, 2.05) is 60.7 Å². The van der Waals surface area contributed by atoms with E-state index in [1.165, 1.54) is 0 Å². The van der Waals surface area contributed by atoms with Crippen molar-refractivity contribution in [2.75, 3.05) is 6.61 Å². The third-order valence-corrected chi connectivity index (χ3v) is 4.02. The van der Waals surface area contributed by atoms with Crippen molar-refractivity contribution in [1.82, 2.24) is 0 Å². The van der Waals surface area contributed by atoms with Crippen LogP contribution in [0.4, 0.5) is 0 Å². The van der Waals surface area contributed by atoms with Crippen LogP contribution < -0.4 is 0 Å². The Kier molecular flexibility index (Phi) is 5.77. The van der Waals surface area contributed by atoms with Gasteiger partial charge in [0.2, 0.25) is 0 Å². The molecular formula is C20H22O4. The van der Waals surface area contributed by atoms with Gasteiger partial charge in [0.05, 0.1) is 19.8 Å². The van der Waals surface area contributed by atoms with E-state index in [0.717, 1.165) is 11.1 Å². The molecular weight excluding hydrogens is 304 g/mol. The Morgan fingerprint density at radius 1 is 0.917 bits per heavy atom. The molecule has 3 rings (SSSR count). The molecule has 2 aromatic rings. The van der Waals surface area contributed by atoms with Gasteiger partial charge in [0, 0.05) is 5.57 Å². The third-order valence-electron chi connectivity index (χ3n) is 4.02. The number of rotatable bonds is 6. The maximum atomic E-state index is 9.89. The van der Waals surface area contributed by atoms with Crippen LogP contribution in [0.2, 0.25) is 0 Å². The second kappa shape index (κ2) is 8.22. The van der Waals surface area contributed by atoms with Gasteiger partial charge in [-0.1, -0.05) is 67.2 Å². The number of benzene rings is 2. The fourth-order valence-electron chi connectivity index (χ4n) is 2.65. The van der Waals surface area contributed by atoms with E-state index in [0.29, 0.717) is 18.8 Å². The number of hydrogen-bond acceptors (Lipinski definition) is 4. The van der Waals surface area contributed by atoms with Gasteiger partial charge in [0.1, 0.15) is 12.2 Å². The number of hydrogen-bond donors (Lipinski definition) is 1. The van der Waals surface area contributed by atoms with Crippen LogP contribution in [0.25, 0.3) is 0 Å². The summed E-state index contributed by atoms with van der Waals surface area (Å²) < 4.78 is 17.3. The third kappa shape index (κ3) is 4.30. The molecule has 0 amide bonds. The summed E-state index contributed by atoms with van der Waals surface area (Å²) in [5, 5.41) is 9.89. The molecule has 3 atom stereocenters. The van der Waals surface area contributed by atoms with E-state index in [4.69, 9.17) is 14.2 Å². The van der Waals surface area contributed by atoms with Crippen LogP contribution in [0.1, 0.15) is 11.1 Å². The number of aliphatic hydroxyl groups is 1. The van der Waals surface area contributed by atoms with Crippen molar-refractivity contribution < 1.29 is 19.3 Å². The zero-order valence-corrected chi connectivity index (χ0v) is 13.5. The highest BCUT2D eigenvalue weighted by molar-refractivity contribution is 5.16. The fraction of sp³-hybridized carbons (Fsp3) is 0.300. The minimum absolute atomic E-state index is 0.270. The zero-order valence-electron chi connectivity index (χ0n) is 13.5.